The SMILES string of the molecule is Nc1cc(OC(F)(F)F)ccc1-n1ccnc1. The zero-order valence-electron chi connectivity index (χ0n) is 8.48. The molecule has 4 nitrogen and oxygen atoms in total. The summed E-state index contributed by atoms with van der Waals surface area (Å²) in [6.45, 7) is 0. The van der Waals surface area contributed by atoms with Crippen LogP contribution in [0.2, 0.25) is 0 Å². The molecule has 0 aliphatic heterocycles. The highest BCUT2D eigenvalue weighted by atomic mass is 19.4. The van der Waals surface area contributed by atoms with Crippen molar-refractivity contribution in [2.75, 3.05) is 5.73 Å². The Morgan fingerprint density at radius 2 is 2.06 bits per heavy atom. The number of rotatable bonds is 2. The topological polar surface area (TPSA) is 53.1 Å². The number of anilines is 1. The van der Waals surface area contributed by atoms with Crippen molar-refractivity contribution >= 4 is 5.69 Å². The van der Waals surface area contributed by atoms with Gasteiger partial charge in [0.2, 0.25) is 0 Å². The van der Waals surface area contributed by atoms with Crippen LogP contribution in [-0.2, 0) is 0 Å². The van der Waals surface area contributed by atoms with Crippen molar-refractivity contribution in [3.8, 4) is 11.4 Å². The Morgan fingerprint density at radius 1 is 1.29 bits per heavy atom. The van der Waals surface area contributed by atoms with Gasteiger partial charge in [0, 0.05) is 18.5 Å². The maximum Gasteiger partial charge on any atom is 0.573 e. The lowest BCUT2D eigenvalue weighted by molar-refractivity contribution is -0.274. The van der Waals surface area contributed by atoms with E-state index in [0.717, 1.165) is 6.07 Å². The van der Waals surface area contributed by atoms with Gasteiger partial charge in [0.25, 0.3) is 0 Å². The number of hydrogen-bond donors (Lipinski definition) is 1. The molecule has 2 N–H and O–H groups in total. The van der Waals surface area contributed by atoms with Crippen LogP contribution in [0.3, 0.4) is 0 Å². The number of ether oxygens (including phenoxy) is 1. The molecule has 0 spiro atoms. The molecule has 0 unspecified atom stereocenters. The first-order chi connectivity index (χ1) is 7.96. The molecule has 7 heteroatoms. The van der Waals surface area contributed by atoms with Gasteiger partial charge in [-0.1, -0.05) is 0 Å². The van der Waals surface area contributed by atoms with Crippen molar-refractivity contribution in [2.45, 2.75) is 6.36 Å². The monoisotopic (exact) mass is 243 g/mol. The number of aromatic nitrogens is 2. The Balaban J connectivity index is 2.30. The number of halogens is 3. The Labute approximate surface area is 94.4 Å². The highest BCUT2D eigenvalue weighted by molar-refractivity contribution is 5.60. The largest absolute Gasteiger partial charge is 0.573 e. The third-order valence-corrected chi connectivity index (χ3v) is 2.02. The Kier molecular flexibility index (Phi) is 2.66. The summed E-state index contributed by atoms with van der Waals surface area (Å²) in [6.07, 6.45) is -0.0471. The summed E-state index contributed by atoms with van der Waals surface area (Å²) in [5.74, 6) is -0.348. The van der Waals surface area contributed by atoms with E-state index >= 15 is 0 Å². The van der Waals surface area contributed by atoms with Crippen LogP contribution in [0.1, 0.15) is 0 Å². The Morgan fingerprint density at radius 3 is 2.59 bits per heavy atom. The van der Waals surface area contributed by atoms with Crippen LogP contribution in [0.4, 0.5) is 18.9 Å². The molecule has 0 atom stereocenters. The summed E-state index contributed by atoms with van der Waals surface area (Å²) in [4.78, 5) is 3.82. The quantitative estimate of drug-likeness (QED) is 0.824. The van der Waals surface area contributed by atoms with E-state index in [1.165, 1.54) is 18.5 Å². The van der Waals surface area contributed by atoms with E-state index in [-0.39, 0.29) is 11.4 Å². The summed E-state index contributed by atoms with van der Waals surface area (Å²) >= 11 is 0. The smallest absolute Gasteiger partial charge is 0.406 e. The lowest BCUT2D eigenvalue weighted by atomic mass is 10.2. The summed E-state index contributed by atoms with van der Waals surface area (Å²) in [7, 11) is 0. The highest BCUT2D eigenvalue weighted by Gasteiger charge is 2.31. The van der Waals surface area contributed by atoms with Crippen molar-refractivity contribution in [2.24, 2.45) is 0 Å². The molecule has 90 valence electrons. The molecule has 0 bridgehead atoms. The molecule has 0 aliphatic rings. The number of nitrogens with zero attached hydrogens (tertiary/aromatic N) is 2. The molecule has 0 saturated carbocycles. The summed E-state index contributed by atoms with van der Waals surface area (Å²) in [5, 5.41) is 0. The predicted molar refractivity (Wildman–Crippen MR) is 54.7 cm³/mol. The van der Waals surface area contributed by atoms with Crippen molar-refractivity contribution in [3.05, 3.63) is 36.9 Å². The molecular formula is C10H8F3N3O. The van der Waals surface area contributed by atoms with Gasteiger partial charge in [0.1, 0.15) is 5.75 Å². The zero-order chi connectivity index (χ0) is 12.5. The molecule has 1 heterocycles. The van der Waals surface area contributed by atoms with Crippen molar-refractivity contribution in [1.82, 2.24) is 9.55 Å². The lowest BCUT2D eigenvalue weighted by Gasteiger charge is -2.11. The van der Waals surface area contributed by atoms with Crippen molar-refractivity contribution in [1.29, 1.82) is 0 Å². The van der Waals surface area contributed by atoms with Crippen molar-refractivity contribution < 1.29 is 17.9 Å². The molecule has 0 radical (unpaired) electrons. The number of hydrogen-bond acceptors (Lipinski definition) is 3. The fourth-order valence-electron chi connectivity index (χ4n) is 1.37. The fraction of sp³-hybridized carbons (Fsp3) is 0.100. The van der Waals surface area contributed by atoms with Gasteiger partial charge in [-0.25, -0.2) is 4.98 Å². The van der Waals surface area contributed by atoms with E-state index in [9.17, 15) is 13.2 Å². The van der Waals surface area contributed by atoms with Crippen LogP contribution < -0.4 is 10.5 Å². The van der Waals surface area contributed by atoms with Crippen molar-refractivity contribution in [3.63, 3.8) is 0 Å². The summed E-state index contributed by atoms with van der Waals surface area (Å²) in [5.41, 5.74) is 6.35. The summed E-state index contributed by atoms with van der Waals surface area (Å²) < 4.78 is 41.2. The average Bonchev–Trinajstić information content (AvgIpc) is 2.68. The van der Waals surface area contributed by atoms with E-state index < -0.39 is 6.36 Å². The van der Waals surface area contributed by atoms with Gasteiger partial charge in [0.15, 0.2) is 0 Å². The standard InChI is InChI=1S/C10H8F3N3O/c11-10(12,13)17-7-1-2-9(8(14)5-7)16-4-3-15-6-16/h1-6H,14H2. The lowest BCUT2D eigenvalue weighted by Crippen LogP contribution is -2.17. The number of imidazole rings is 1. The van der Waals surface area contributed by atoms with E-state index in [4.69, 9.17) is 5.73 Å². The molecule has 1 aromatic carbocycles. The second-order valence-electron chi connectivity index (χ2n) is 3.24. The number of alkyl halides is 3. The van der Waals surface area contributed by atoms with Gasteiger partial charge < -0.3 is 15.0 Å². The maximum absolute atomic E-state index is 12.0. The van der Waals surface area contributed by atoms with E-state index in [0.29, 0.717) is 5.69 Å². The molecule has 0 fully saturated rings. The summed E-state index contributed by atoms with van der Waals surface area (Å²) in [6, 6.07) is 3.74. The first-order valence-corrected chi connectivity index (χ1v) is 4.59. The Hall–Kier alpha value is -2.18. The molecule has 17 heavy (non-hydrogen) atoms. The van der Waals surface area contributed by atoms with Crippen LogP contribution in [-0.4, -0.2) is 15.9 Å². The molecule has 0 amide bonds. The fourth-order valence-corrected chi connectivity index (χ4v) is 1.37. The van der Waals surface area contributed by atoms with Gasteiger partial charge in [0.05, 0.1) is 17.7 Å². The second kappa shape index (κ2) is 4.00. The second-order valence-corrected chi connectivity index (χ2v) is 3.24. The molecule has 2 rings (SSSR count). The molecular weight excluding hydrogens is 235 g/mol. The number of benzene rings is 1. The Bertz CT molecular complexity index is 508. The predicted octanol–water partition coefficient (Wildman–Crippen LogP) is 2.35. The third-order valence-electron chi connectivity index (χ3n) is 2.02. The number of nitrogen functional groups attached to an aromatic ring is 1. The number of nitrogens with two attached hydrogens (primary N) is 1. The van der Waals surface area contributed by atoms with Gasteiger partial charge in [-0.3, -0.25) is 0 Å². The van der Waals surface area contributed by atoms with Crippen LogP contribution in [0.25, 0.3) is 5.69 Å². The molecule has 1 aromatic heterocycles. The minimum absolute atomic E-state index is 0.171. The van der Waals surface area contributed by atoms with Crippen LogP contribution >= 0.6 is 0 Å². The third kappa shape index (κ3) is 2.68. The van der Waals surface area contributed by atoms with E-state index in [1.807, 2.05) is 0 Å². The highest BCUT2D eigenvalue weighted by Crippen LogP contribution is 2.27. The normalized spacial score (nSPS) is 11.5. The maximum atomic E-state index is 12.0. The molecule has 2 aromatic rings. The molecule has 0 saturated heterocycles. The van der Waals surface area contributed by atoms with Gasteiger partial charge in [-0.15, -0.1) is 13.2 Å². The van der Waals surface area contributed by atoms with Crippen LogP contribution in [0, 0.1) is 0 Å². The first-order valence-electron chi connectivity index (χ1n) is 4.59. The van der Waals surface area contributed by atoms with Crippen LogP contribution in [0.5, 0.6) is 5.75 Å². The minimum Gasteiger partial charge on any atom is -0.406 e. The first kappa shape index (κ1) is 11.3. The minimum atomic E-state index is -4.72. The van der Waals surface area contributed by atoms with Crippen LogP contribution in [0.15, 0.2) is 36.9 Å². The van der Waals surface area contributed by atoms with Gasteiger partial charge >= 0.3 is 6.36 Å². The van der Waals surface area contributed by atoms with Gasteiger partial charge in [-0.2, -0.15) is 0 Å². The van der Waals surface area contributed by atoms with E-state index in [2.05, 4.69) is 9.72 Å². The average molecular weight is 243 g/mol. The van der Waals surface area contributed by atoms with Gasteiger partial charge in [-0.05, 0) is 12.1 Å². The van der Waals surface area contributed by atoms with E-state index in [1.54, 1.807) is 17.0 Å². The molecule has 0 aliphatic carbocycles. The zero-order valence-corrected chi connectivity index (χ0v) is 8.48.